The lowest BCUT2D eigenvalue weighted by Gasteiger charge is -2.48. The molecule has 1 aliphatic heterocycles. The van der Waals surface area contributed by atoms with E-state index < -0.39 is 51.9 Å². The Kier molecular flexibility index (Phi) is 10.1. The van der Waals surface area contributed by atoms with Gasteiger partial charge in [-0.2, -0.15) is 9.57 Å². The molecular formula is C32H33N3O9S. The van der Waals surface area contributed by atoms with Crippen molar-refractivity contribution in [3.05, 3.63) is 95.6 Å². The molecule has 236 valence electrons. The molecule has 1 fully saturated rings. The highest BCUT2D eigenvalue weighted by atomic mass is 32.2. The molecule has 0 aromatic heterocycles. The predicted octanol–water partition coefficient (Wildman–Crippen LogP) is 3.80. The van der Waals surface area contributed by atoms with Crippen molar-refractivity contribution in [2.24, 2.45) is 5.92 Å². The minimum atomic E-state index is -4.03. The van der Waals surface area contributed by atoms with Crippen molar-refractivity contribution in [3.8, 4) is 11.8 Å². The second kappa shape index (κ2) is 13.8. The Labute approximate surface area is 261 Å². The van der Waals surface area contributed by atoms with Crippen LogP contribution in [0.2, 0.25) is 0 Å². The third-order valence-corrected chi connectivity index (χ3v) is 8.82. The quantitative estimate of drug-likeness (QED) is 0.220. The van der Waals surface area contributed by atoms with Gasteiger partial charge in [0, 0.05) is 13.3 Å². The number of aliphatic carboxylic acids is 1. The van der Waals surface area contributed by atoms with Crippen LogP contribution in [-0.4, -0.2) is 61.3 Å². The number of sulfonamides is 1. The lowest BCUT2D eigenvalue weighted by atomic mass is 9.87. The fourth-order valence-electron chi connectivity index (χ4n) is 4.66. The zero-order valence-electron chi connectivity index (χ0n) is 24.9. The SMILES string of the molecule is CC(OC(=O)N[C@@H](Cc1cccc(S(=O)(=O)N2CC(Oc3cccc(C#N)c3)(c3ccccc3)C2)c1)C(=O)O)OC(=O)C(C)C. The standard InChI is InChI=1S/C32H33N3O9S/c1-21(2)30(38)42-22(3)43-31(39)34-28(29(36)37)17-23-9-8-14-27(16-23)45(40,41)35-19-32(20-35,25-11-5-4-6-12-25)44-26-13-7-10-24(15-26)18-33/h4-16,21-22,28H,17,19-20H2,1-3H3,(H,34,39)(H,36,37)/t22?,28-/m0/s1. The molecule has 45 heavy (non-hydrogen) atoms. The number of ether oxygens (including phenoxy) is 3. The minimum absolute atomic E-state index is 0.00886. The van der Waals surface area contributed by atoms with Crippen LogP contribution in [0.1, 0.15) is 37.5 Å². The Balaban J connectivity index is 1.47. The van der Waals surface area contributed by atoms with Crippen LogP contribution < -0.4 is 10.1 Å². The molecule has 0 spiro atoms. The van der Waals surface area contributed by atoms with Gasteiger partial charge in [-0.15, -0.1) is 0 Å². The van der Waals surface area contributed by atoms with E-state index in [2.05, 4.69) is 11.4 Å². The van der Waals surface area contributed by atoms with Crippen LogP contribution in [-0.2, 0) is 41.1 Å². The van der Waals surface area contributed by atoms with E-state index in [4.69, 9.17) is 14.2 Å². The van der Waals surface area contributed by atoms with Crippen molar-refractivity contribution in [3.63, 3.8) is 0 Å². The summed E-state index contributed by atoms with van der Waals surface area (Å²) in [4.78, 5) is 35.9. The average Bonchev–Trinajstić information content (AvgIpc) is 2.98. The number of alkyl carbamates (subject to hydrolysis) is 1. The number of amides is 1. The molecule has 12 nitrogen and oxygen atoms in total. The summed E-state index contributed by atoms with van der Waals surface area (Å²) < 4.78 is 44.8. The topological polar surface area (TPSA) is 172 Å². The highest BCUT2D eigenvalue weighted by Gasteiger charge is 2.52. The van der Waals surface area contributed by atoms with Crippen LogP contribution in [0, 0.1) is 17.2 Å². The summed E-state index contributed by atoms with van der Waals surface area (Å²) in [5.41, 5.74) is 0.507. The maximum atomic E-state index is 13.7. The zero-order valence-corrected chi connectivity index (χ0v) is 25.7. The first kappa shape index (κ1) is 33.0. The van der Waals surface area contributed by atoms with E-state index in [0.29, 0.717) is 16.9 Å². The molecule has 0 saturated carbocycles. The number of hydrogen-bond donors (Lipinski definition) is 2. The number of carbonyl (C=O) groups excluding carboxylic acids is 2. The first-order chi connectivity index (χ1) is 21.3. The number of rotatable bonds is 12. The van der Waals surface area contributed by atoms with Gasteiger partial charge < -0.3 is 24.6 Å². The summed E-state index contributed by atoms with van der Waals surface area (Å²) in [6.45, 7) is 4.52. The number of carboxylic acids is 1. The van der Waals surface area contributed by atoms with Gasteiger partial charge in [0.05, 0.1) is 35.5 Å². The van der Waals surface area contributed by atoms with Crippen molar-refractivity contribution in [1.82, 2.24) is 9.62 Å². The number of nitrogens with zero attached hydrogens (tertiary/aromatic N) is 2. The van der Waals surface area contributed by atoms with Crippen molar-refractivity contribution in [1.29, 1.82) is 5.26 Å². The van der Waals surface area contributed by atoms with E-state index in [1.165, 1.54) is 29.4 Å². The van der Waals surface area contributed by atoms with Gasteiger partial charge in [0.25, 0.3) is 0 Å². The van der Waals surface area contributed by atoms with Gasteiger partial charge in [0.1, 0.15) is 11.8 Å². The van der Waals surface area contributed by atoms with Gasteiger partial charge in [-0.05, 0) is 41.5 Å². The molecule has 1 aliphatic rings. The highest BCUT2D eigenvalue weighted by molar-refractivity contribution is 7.89. The van der Waals surface area contributed by atoms with E-state index in [-0.39, 0.29) is 24.4 Å². The Morgan fingerprint density at radius 3 is 2.31 bits per heavy atom. The van der Waals surface area contributed by atoms with Crippen LogP contribution >= 0.6 is 0 Å². The van der Waals surface area contributed by atoms with Gasteiger partial charge >= 0.3 is 18.0 Å². The van der Waals surface area contributed by atoms with E-state index in [9.17, 15) is 33.2 Å². The second-order valence-corrected chi connectivity index (χ2v) is 12.8. The van der Waals surface area contributed by atoms with E-state index in [1.807, 2.05) is 30.3 Å². The average molecular weight is 636 g/mol. The molecule has 1 heterocycles. The molecule has 3 aromatic carbocycles. The third kappa shape index (κ3) is 7.97. The number of nitrogens with one attached hydrogen (secondary N) is 1. The molecule has 0 aliphatic carbocycles. The van der Waals surface area contributed by atoms with Crippen LogP contribution in [0.5, 0.6) is 5.75 Å². The largest absolute Gasteiger partial charge is 0.480 e. The Morgan fingerprint density at radius 2 is 1.67 bits per heavy atom. The van der Waals surface area contributed by atoms with Gasteiger partial charge in [-0.3, -0.25) is 4.79 Å². The van der Waals surface area contributed by atoms with Crippen LogP contribution in [0.3, 0.4) is 0 Å². The third-order valence-electron chi connectivity index (χ3n) is 7.03. The molecule has 1 amide bonds. The fraction of sp³-hybridized carbons (Fsp3) is 0.312. The maximum Gasteiger partial charge on any atom is 0.410 e. The molecular weight excluding hydrogens is 602 g/mol. The van der Waals surface area contributed by atoms with E-state index in [0.717, 1.165) is 5.56 Å². The number of benzene rings is 3. The van der Waals surface area contributed by atoms with Gasteiger partial charge in [0.15, 0.2) is 5.60 Å². The fourth-order valence-corrected chi connectivity index (χ4v) is 6.27. The van der Waals surface area contributed by atoms with Crippen molar-refractivity contribution >= 4 is 28.1 Å². The van der Waals surface area contributed by atoms with Crippen LogP contribution in [0.4, 0.5) is 4.79 Å². The summed E-state index contributed by atoms with van der Waals surface area (Å²) in [7, 11) is -4.03. The lowest BCUT2D eigenvalue weighted by Crippen LogP contribution is -2.64. The zero-order chi connectivity index (χ0) is 32.8. The summed E-state index contributed by atoms with van der Waals surface area (Å²) in [5, 5.41) is 21.2. The number of carboxylic acid groups (broad SMARTS) is 1. The summed E-state index contributed by atoms with van der Waals surface area (Å²) >= 11 is 0. The molecule has 13 heteroatoms. The molecule has 1 saturated heterocycles. The lowest BCUT2D eigenvalue weighted by molar-refractivity contribution is -0.169. The van der Waals surface area contributed by atoms with E-state index >= 15 is 0 Å². The van der Waals surface area contributed by atoms with Crippen LogP contribution in [0.25, 0.3) is 0 Å². The predicted molar refractivity (Wildman–Crippen MR) is 160 cm³/mol. The van der Waals surface area contributed by atoms with Gasteiger partial charge in [-0.1, -0.05) is 62.4 Å². The highest BCUT2D eigenvalue weighted by Crippen LogP contribution is 2.40. The van der Waals surface area contributed by atoms with Crippen molar-refractivity contribution in [2.45, 2.75) is 50.0 Å². The maximum absolute atomic E-state index is 13.7. The first-order valence-electron chi connectivity index (χ1n) is 14.1. The number of esters is 1. The minimum Gasteiger partial charge on any atom is -0.480 e. The number of carbonyl (C=O) groups is 3. The molecule has 1 unspecified atom stereocenters. The molecule has 4 rings (SSSR count). The summed E-state index contributed by atoms with van der Waals surface area (Å²) in [6.07, 6.45) is -2.62. The first-order valence-corrected chi connectivity index (χ1v) is 15.5. The monoisotopic (exact) mass is 635 g/mol. The Bertz CT molecular complexity index is 1700. The molecule has 3 aromatic rings. The van der Waals surface area contributed by atoms with Crippen molar-refractivity contribution in [2.75, 3.05) is 13.1 Å². The molecule has 2 N–H and O–H groups in total. The summed E-state index contributed by atoms with van der Waals surface area (Å²) in [6, 6.07) is 22.2. The van der Waals surface area contributed by atoms with Crippen LogP contribution in [0.15, 0.2) is 83.8 Å². The molecule has 2 atom stereocenters. The Hall–Kier alpha value is -4.93. The molecule has 0 bridgehead atoms. The smallest absolute Gasteiger partial charge is 0.410 e. The van der Waals surface area contributed by atoms with E-state index in [1.54, 1.807) is 44.2 Å². The van der Waals surface area contributed by atoms with Crippen molar-refractivity contribution < 1.29 is 42.1 Å². The normalized spacial score (nSPS) is 15.5. The van der Waals surface area contributed by atoms with Gasteiger partial charge in [0.2, 0.25) is 16.3 Å². The van der Waals surface area contributed by atoms with Gasteiger partial charge in [-0.25, -0.2) is 18.0 Å². The Morgan fingerprint density at radius 1 is 0.978 bits per heavy atom. The summed E-state index contributed by atoms with van der Waals surface area (Å²) in [5.74, 6) is -1.99. The number of hydrogen-bond acceptors (Lipinski definition) is 9. The number of nitriles is 1. The second-order valence-electron chi connectivity index (χ2n) is 10.8. The molecule has 0 radical (unpaired) electrons.